The van der Waals surface area contributed by atoms with Crippen molar-refractivity contribution in [2.45, 2.75) is 0 Å². The first-order valence-corrected chi connectivity index (χ1v) is 23.3. The lowest BCUT2D eigenvalue weighted by molar-refractivity contribution is 1.28. The van der Waals surface area contributed by atoms with Gasteiger partial charge >= 0.3 is 0 Å². The molecule has 0 aliphatic carbocycles. The second-order valence-corrected chi connectivity index (χ2v) is 17.3. The highest BCUT2D eigenvalue weighted by atomic mass is 15.1. The van der Waals surface area contributed by atoms with Crippen LogP contribution in [0.25, 0.3) is 76.8 Å². The third-order valence-corrected chi connectivity index (χ3v) is 13.2. The van der Waals surface area contributed by atoms with Crippen LogP contribution in [0.15, 0.2) is 279 Å². The molecule has 12 aromatic carbocycles. The van der Waals surface area contributed by atoms with Gasteiger partial charge in [-0.15, -0.1) is 0 Å². The molecule has 0 bridgehead atoms. The van der Waals surface area contributed by atoms with E-state index in [9.17, 15) is 0 Å². The molecule has 0 saturated heterocycles. The predicted molar refractivity (Wildman–Crippen MR) is 290 cm³/mol. The molecule has 2 heteroatoms. The minimum atomic E-state index is 1.08. The van der Waals surface area contributed by atoms with Gasteiger partial charge in [-0.25, -0.2) is 0 Å². The fraction of sp³-hybridized carbons (Fsp3) is 0. The number of hydrogen-bond donors (Lipinski definition) is 0. The molecule has 0 unspecified atom stereocenters. The number of para-hydroxylation sites is 2. The van der Waals surface area contributed by atoms with Gasteiger partial charge in [-0.1, -0.05) is 200 Å². The lowest BCUT2D eigenvalue weighted by atomic mass is 9.86. The summed E-state index contributed by atoms with van der Waals surface area (Å²) in [4.78, 5) is 4.67. The molecule has 0 aromatic heterocycles. The zero-order chi connectivity index (χ0) is 45.2. The molecule has 0 fully saturated rings. The summed E-state index contributed by atoms with van der Waals surface area (Å²) in [6.45, 7) is 0. The predicted octanol–water partition coefficient (Wildman–Crippen LogP) is 18.8. The summed E-state index contributed by atoms with van der Waals surface area (Å²) < 4.78 is 0. The number of fused-ring (bicyclic) bond motifs is 3. The van der Waals surface area contributed by atoms with E-state index in [1.165, 1.54) is 65.7 Å². The zero-order valence-electron chi connectivity index (χ0n) is 37.5. The second-order valence-electron chi connectivity index (χ2n) is 17.3. The Morgan fingerprint density at radius 3 is 0.868 bits per heavy atom. The van der Waals surface area contributed by atoms with E-state index in [4.69, 9.17) is 0 Å². The Kier molecular flexibility index (Phi) is 10.6. The van der Waals surface area contributed by atoms with Crippen LogP contribution in [-0.2, 0) is 0 Å². The molecule has 320 valence electrons. The van der Waals surface area contributed by atoms with Gasteiger partial charge in [-0.3, -0.25) is 0 Å². The third-order valence-electron chi connectivity index (χ3n) is 13.2. The molecule has 0 spiro atoms. The summed E-state index contributed by atoms with van der Waals surface area (Å²) >= 11 is 0. The summed E-state index contributed by atoms with van der Waals surface area (Å²) in [5.41, 5.74) is 16.3. The maximum absolute atomic E-state index is 2.37. The quantitative estimate of drug-likeness (QED) is 0.126. The number of hydrogen-bond acceptors (Lipinski definition) is 2. The van der Waals surface area contributed by atoms with Crippen LogP contribution in [0.3, 0.4) is 0 Å². The molecule has 68 heavy (non-hydrogen) atoms. The smallest absolute Gasteiger partial charge is 0.0462 e. The summed E-state index contributed by atoms with van der Waals surface area (Å²) in [7, 11) is 0. The maximum Gasteiger partial charge on any atom is 0.0462 e. The Morgan fingerprint density at radius 2 is 0.456 bits per heavy atom. The van der Waals surface area contributed by atoms with Crippen LogP contribution in [0.1, 0.15) is 0 Å². The molecule has 2 nitrogen and oxygen atoms in total. The highest BCUT2D eigenvalue weighted by Crippen LogP contribution is 2.45. The Labute approximate surface area is 397 Å². The molecule has 0 heterocycles. The minimum Gasteiger partial charge on any atom is -0.311 e. The van der Waals surface area contributed by atoms with Crippen LogP contribution >= 0.6 is 0 Å². The van der Waals surface area contributed by atoms with Crippen LogP contribution < -0.4 is 9.80 Å². The molecule has 0 radical (unpaired) electrons. The van der Waals surface area contributed by atoms with E-state index in [0.717, 1.165) is 45.3 Å². The molecular weight excluding hydrogens is 821 g/mol. The average Bonchev–Trinajstić information content (AvgIpc) is 3.42. The first kappa shape index (κ1) is 40.5. The monoisotopic (exact) mass is 866 g/mol. The molecule has 0 aliphatic rings. The fourth-order valence-electron chi connectivity index (χ4n) is 9.96. The largest absolute Gasteiger partial charge is 0.311 e. The maximum atomic E-state index is 2.37. The van der Waals surface area contributed by atoms with Crippen molar-refractivity contribution >= 4 is 66.4 Å². The average molecular weight is 867 g/mol. The van der Waals surface area contributed by atoms with Crippen molar-refractivity contribution in [2.75, 3.05) is 9.80 Å². The van der Waals surface area contributed by atoms with Gasteiger partial charge in [-0.05, 0) is 156 Å². The van der Waals surface area contributed by atoms with Crippen molar-refractivity contribution in [1.29, 1.82) is 0 Å². The Morgan fingerprint density at radius 1 is 0.176 bits per heavy atom. The van der Waals surface area contributed by atoms with Crippen LogP contribution in [0.2, 0.25) is 0 Å². The van der Waals surface area contributed by atoms with Crippen LogP contribution in [0, 0.1) is 0 Å². The van der Waals surface area contributed by atoms with E-state index in [0.29, 0.717) is 0 Å². The zero-order valence-corrected chi connectivity index (χ0v) is 37.5. The lowest BCUT2D eigenvalue weighted by Gasteiger charge is -2.26. The van der Waals surface area contributed by atoms with Crippen LogP contribution in [0.5, 0.6) is 0 Å². The number of nitrogens with zero attached hydrogens (tertiary/aromatic N) is 2. The van der Waals surface area contributed by atoms with Gasteiger partial charge in [0.25, 0.3) is 0 Å². The van der Waals surface area contributed by atoms with Gasteiger partial charge in [0.1, 0.15) is 0 Å². The summed E-state index contributed by atoms with van der Waals surface area (Å²) in [5, 5.41) is 7.49. The van der Waals surface area contributed by atoms with Crippen molar-refractivity contribution in [3.63, 3.8) is 0 Å². The fourth-order valence-corrected chi connectivity index (χ4v) is 9.96. The third kappa shape index (κ3) is 7.64. The minimum absolute atomic E-state index is 1.08. The lowest BCUT2D eigenvalue weighted by Crippen LogP contribution is -2.10. The molecule has 12 rings (SSSR count). The van der Waals surface area contributed by atoms with Crippen LogP contribution in [0.4, 0.5) is 34.1 Å². The summed E-state index contributed by atoms with van der Waals surface area (Å²) in [6, 6.07) is 101. The normalized spacial score (nSPS) is 11.2. The van der Waals surface area contributed by atoms with Crippen molar-refractivity contribution in [2.24, 2.45) is 0 Å². The van der Waals surface area contributed by atoms with Gasteiger partial charge in [0.2, 0.25) is 0 Å². The van der Waals surface area contributed by atoms with Crippen molar-refractivity contribution in [3.05, 3.63) is 279 Å². The van der Waals surface area contributed by atoms with E-state index >= 15 is 0 Å². The van der Waals surface area contributed by atoms with Crippen molar-refractivity contribution < 1.29 is 0 Å². The topological polar surface area (TPSA) is 6.48 Å². The SMILES string of the molecule is c1ccc(-c2c3ccccc3c(-c3ccc(N(c4ccc(-c5ccc(N(c6ccccc6)c6ccccc6)cc5)cc4)c4ccc(-c5ccc6ccccc6c5)cc4)cc3)c3ccccc23)cc1. The van der Waals surface area contributed by atoms with Gasteiger partial charge in [0, 0.05) is 34.1 Å². The van der Waals surface area contributed by atoms with Gasteiger partial charge in [-0.2, -0.15) is 0 Å². The molecular formula is C66H46N2. The van der Waals surface area contributed by atoms with E-state index < -0.39 is 0 Å². The standard InChI is InChI=1S/C66H46N2/c1-4-17-51(18-5-1)65-61-24-12-14-26-63(61)66(64-27-15-13-25-62(64)65)52-36-44-60(45-37-52)68(59-42-34-50(35-43-59)54-29-28-47-16-10-11-19-53(47)46-54)58-40-32-49(33-41-58)48-30-38-57(39-31-48)67(55-20-6-2-7-21-55)56-22-8-3-9-23-56/h1-46H. The number of rotatable bonds is 10. The Balaban J connectivity index is 0.923. The Bertz CT molecular complexity index is 3580. The summed E-state index contributed by atoms with van der Waals surface area (Å²) in [5.74, 6) is 0. The van der Waals surface area contributed by atoms with Crippen molar-refractivity contribution in [3.8, 4) is 44.5 Å². The van der Waals surface area contributed by atoms with E-state index in [1.807, 2.05) is 0 Å². The second kappa shape index (κ2) is 17.8. The molecule has 0 atom stereocenters. The number of benzene rings is 12. The molecule has 0 N–H and O–H groups in total. The first-order valence-electron chi connectivity index (χ1n) is 23.3. The first-order chi connectivity index (χ1) is 33.7. The van der Waals surface area contributed by atoms with E-state index in [2.05, 4.69) is 289 Å². The van der Waals surface area contributed by atoms with Gasteiger partial charge < -0.3 is 9.80 Å². The highest BCUT2D eigenvalue weighted by Gasteiger charge is 2.19. The van der Waals surface area contributed by atoms with Crippen LogP contribution in [-0.4, -0.2) is 0 Å². The van der Waals surface area contributed by atoms with Crippen molar-refractivity contribution in [1.82, 2.24) is 0 Å². The highest BCUT2D eigenvalue weighted by molar-refractivity contribution is 6.21. The van der Waals surface area contributed by atoms with Gasteiger partial charge in [0.05, 0.1) is 0 Å². The number of anilines is 6. The molecule has 0 saturated carbocycles. The van der Waals surface area contributed by atoms with E-state index in [1.54, 1.807) is 0 Å². The van der Waals surface area contributed by atoms with Gasteiger partial charge in [0.15, 0.2) is 0 Å². The molecule has 0 amide bonds. The molecule has 12 aromatic rings. The summed E-state index contributed by atoms with van der Waals surface area (Å²) in [6.07, 6.45) is 0. The van der Waals surface area contributed by atoms with E-state index in [-0.39, 0.29) is 0 Å². The molecule has 0 aliphatic heterocycles. The Hall–Kier alpha value is -8.98.